The van der Waals surface area contributed by atoms with E-state index in [0.29, 0.717) is 32.9 Å². The maximum atomic E-state index is 13.7. The molecule has 3 aromatic rings. The van der Waals surface area contributed by atoms with Gasteiger partial charge in [0, 0.05) is 52.2 Å². The van der Waals surface area contributed by atoms with Crippen molar-refractivity contribution in [1.29, 1.82) is 0 Å². The lowest BCUT2D eigenvalue weighted by Gasteiger charge is -2.25. The minimum Gasteiger partial charge on any atom is -0.350 e. The molecule has 2 amide bonds. The van der Waals surface area contributed by atoms with Crippen LogP contribution in [0.3, 0.4) is 0 Å². The van der Waals surface area contributed by atoms with Crippen molar-refractivity contribution >= 4 is 58.2 Å². The Labute approximate surface area is 248 Å². The molecule has 1 unspecified atom stereocenters. The molecule has 2 atom stereocenters. The smallest absolute Gasteiger partial charge is 0.243 e. The van der Waals surface area contributed by atoms with Crippen LogP contribution in [-0.2, 0) is 28.0 Å². The number of rotatable bonds is 9. The van der Waals surface area contributed by atoms with E-state index in [-0.39, 0.29) is 24.3 Å². The van der Waals surface area contributed by atoms with Crippen LogP contribution in [0.1, 0.15) is 36.0 Å². The summed E-state index contributed by atoms with van der Waals surface area (Å²) in [5, 5.41) is 8.11. The van der Waals surface area contributed by atoms with Gasteiger partial charge in [0.2, 0.25) is 11.8 Å². The van der Waals surface area contributed by atoms with Crippen LogP contribution in [0.4, 0.5) is 0 Å². The van der Waals surface area contributed by atoms with E-state index in [2.05, 4.69) is 27.7 Å². The maximum absolute atomic E-state index is 13.7. The average Bonchev–Trinajstić information content (AvgIpc) is 3.59. The van der Waals surface area contributed by atoms with Crippen LogP contribution in [0.25, 0.3) is 0 Å². The third kappa shape index (κ3) is 6.72. The van der Waals surface area contributed by atoms with Gasteiger partial charge in [-0.15, -0.1) is 0 Å². The number of nitrogens with zero attached hydrogens (tertiary/aromatic N) is 1. The van der Waals surface area contributed by atoms with E-state index in [1.54, 1.807) is 36.4 Å². The van der Waals surface area contributed by atoms with E-state index < -0.39 is 11.5 Å². The predicted molar refractivity (Wildman–Crippen MR) is 158 cm³/mol. The molecule has 1 aliphatic heterocycles. The molecule has 39 heavy (non-hydrogen) atoms. The van der Waals surface area contributed by atoms with Crippen molar-refractivity contribution in [2.45, 2.75) is 49.7 Å². The third-order valence-corrected chi connectivity index (χ3v) is 8.69. The summed E-state index contributed by atoms with van der Waals surface area (Å²) in [4.78, 5) is 29.6. The number of hydrogen-bond donors (Lipinski definition) is 2. The molecular weight excluding hydrogens is 576 g/mol. The van der Waals surface area contributed by atoms with Gasteiger partial charge in [-0.1, -0.05) is 88.9 Å². The second-order valence-corrected chi connectivity index (χ2v) is 12.1. The normalized spacial score (nSPS) is 18.9. The molecule has 1 saturated heterocycles. The van der Waals surface area contributed by atoms with Crippen molar-refractivity contribution in [3.8, 4) is 0 Å². The van der Waals surface area contributed by atoms with Crippen LogP contribution in [0.15, 0.2) is 66.7 Å². The first-order chi connectivity index (χ1) is 18.7. The summed E-state index contributed by atoms with van der Waals surface area (Å²) in [6, 6.07) is 19.8. The molecule has 2 fully saturated rings. The fourth-order valence-corrected chi connectivity index (χ4v) is 6.35. The molecular formula is C30H29Cl4N3O2. The SMILES string of the molecule is O=C(NC1CCN(Cc2ccccc2)C1)[C@H](Cc1ccc(Cl)cc1Cl)NC(=O)C1(c2ccc(Cl)cc2Cl)CC1. The molecule has 2 N–H and O–H groups in total. The van der Waals surface area contributed by atoms with Crippen molar-refractivity contribution in [1.82, 2.24) is 15.5 Å². The number of carbonyl (C=O) groups excluding carboxylic acids is 2. The van der Waals surface area contributed by atoms with Crippen LogP contribution in [0.5, 0.6) is 0 Å². The molecule has 2 aliphatic rings. The molecule has 0 spiro atoms. The Morgan fingerprint density at radius 3 is 2.28 bits per heavy atom. The van der Waals surface area contributed by atoms with Gasteiger partial charge < -0.3 is 10.6 Å². The number of likely N-dealkylation sites (tertiary alicyclic amines) is 1. The number of nitrogens with one attached hydrogen (secondary N) is 2. The molecule has 0 bridgehead atoms. The minimum absolute atomic E-state index is 0.0121. The lowest BCUT2D eigenvalue weighted by molar-refractivity contribution is -0.130. The van der Waals surface area contributed by atoms with E-state index in [4.69, 9.17) is 46.4 Å². The van der Waals surface area contributed by atoms with Gasteiger partial charge in [0.25, 0.3) is 0 Å². The highest BCUT2D eigenvalue weighted by Gasteiger charge is 2.53. The zero-order valence-electron chi connectivity index (χ0n) is 21.2. The molecule has 1 heterocycles. The van der Waals surface area contributed by atoms with Crippen molar-refractivity contribution in [2.24, 2.45) is 0 Å². The van der Waals surface area contributed by atoms with E-state index >= 15 is 0 Å². The quantitative estimate of drug-likeness (QED) is 0.295. The summed E-state index contributed by atoms with van der Waals surface area (Å²) in [6.45, 7) is 2.46. The molecule has 0 radical (unpaired) electrons. The first-order valence-corrected chi connectivity index (χ1v) is 14.5. The summed E-state index contributed by atoms with van der Waals surface area (Å²) in [5.74, 6) is -0.465. The highest BCUT2D eigenvalue weighted by molar-refractivity contribution is 6.35. The summed E-state index contributed by atoms with van der Waals surface area (Å²) >= 11 is 25.1. The van der Waals surface area contributed by atoms with Gasteiger partial charge in [0.05, 0.1) is 5.41 Å². The Hall–Kier alpha value is -2.28. The van der Waals surface area contributed by atoms with E-state index in [1.807, 2.05) is 18.2 Å². The van der Waals surface area contributed by atoms with Gasteiger partial charge in [0.1, 0.15) is 6.04 Å². The summed E-state index contributed by atoms with van der Waals surface area (Å²) in [7, 11) is 0. The second-order valence-electron chi connectivity index (χ2n) is 10.4. The number of hydrogen-bond acceptors (Lipinski definition) is 3. The molecule has 1 aliphatic carbocycles. The Balaban J connectivity index is 1.30. The number of amides is 2. The fourth-order valence-electron chi connectivity index (χ4n) is 5.27. The third-order valence-electron chi connectivity index (χ3n) is 7.56. The van der Waals surface area contributed by atoms with Crippen molar-refractivity contribution < 1.29 is 9.59 Å². The molecule has 1 saturated carbocycles. The maximum Gasteiger partial charge on any atom is 0.243 e. The lowest BCUT2D eigenvalue weighted by Crippen LogP contribution is -2.53. The van der Waals surface area contributed by atoms with Gasteiger partial charge in [-0.25, -0.2) is 0 Å². The Kier molecular flexibility index (Phi) is 8.75. The van der Waals surface area contributed by atoms with Gasteiger partial charge in [-0.05, 0) is 60.2 Å². The second kappa shape index (κ2) is 12.1. The Morgan fingerprint density at radius 2 is 1.62 bits per heavy atom. The van der Waals surface area contributed by atoms with Crippen LogP contribution >= 0.6 is 46.4 Å². The summed E-state index contributed by atoms with van der Waals surface area (Å²) in [5.41, 5.74) is 1.92. The van der Waals surface area contributed by atoms with Crippen LogP contribution in [-0.4, -0.2) is 41.9 Å². The zero-order chi connectivity index (χ0) is 27.6. The van der Waals surface area contributed by atoms with Crippen LogP contribution in [0, 0.1) is 0 Å². The van der Waals surface area contributed by atoms with Crippen molar-refractivity contribution in [3.63, 3.8) is 0 Å². The topological polar surface area (TPSA) is 61.4 Å². The van der Waals surface area contributed by atoms with Crippen LogP contribution < -0.4 is 10.6 Å². The largest absolute Gasteiger partial charge is 0.350 e. The molecule has 5 rings (SSSR count). The number of carbonyl (C=O) groups is 2. The number of benzene rings is 3. The molecule has 3 aromatic carbocycles. The lowest BCUT2D eigenvalue weighted by atomic mass is 9.93. The standard InChI is InChI=1S/C30H29Cl4N3O2/c31-21-7-6-20(25(33)15-21)14-27(36-29(39)30(11-12-30)24-9-8-22(32)16-26(24)34)28(38)35-23-10-13-37(18-23)17-19-4-2-1-3-5-19/h1-9,15-16,23,27H,10-14,17-18H2,(H,35,38)(H,36,39)/t23?,27-/m0/s1. The Bertz CT molecular complexity index is 1360. The summed E-state index contributed by atoms with van der Waals surface area (Å²) in [6.07, 6.45) is 2.37. The van der Waals surface area contributed by atoms with Gasteiger partial charge >= 0.3 is 0 Å². The molecule has 204 valence electrons. The van der Waals surface area contributed by atoms with Gasteiger partial charge in [-0.2, -0.15) is 0 Å². The van der Waals surface area contributed by atoms with E-state index in [1.165, 1.54) is 5.56 Å². The fraction of sp³-hybridized carbons (Fsp3) is 0.333. The van der Waals surface area contributed by atoms with Crippen LogP contribution in [0.2, 0.25) is 20.1 Å². The highest BCUT2D eigenvalue weighted by atomic mass is 35.5. The van der Waals surface area contributed by atoms with Gasteiger partial charge in [0.15, 0.2) is 0 Å². The summed E-state index contributed by atoms with van der Waals surface area (Å²) < 4.78 is 0. The molecule has 0 aromatic heterocycles. The van der Waals surface area contributed by atoms with E-state index in [0.717, 1.165) is 37.2 Å². The Morgan fingerprint density at radius 1 is 0.923 bits per heavy atom. The minimum atomic E-state index is -0.817. The highest BCUT2D eigenvalue weighted by Crippen LogP contribution is 2.51. The van der Waals surface area contributed by atoms with E-state index in [9.17, 15) is 9.59 Å². The van der Waals surface area contributed by atoms with Crippen molar-refractivity contribution in [2.75, 3.05) is 13.1 Å². The van der Waals surface area contributed by atoms with Gasteiger partial charge in [-0.3, -0.25) is 14.5 Å². The zero-order valence-corrected chi connectivity index (χ0v) is 24.3. The monoisotopic (exact) mass is 603 g/mol. The first kappa shape index (κ1) is 28.3. The average molecular weight is 605 g/mol. The molecule has 5 nitrogen and oxygen atoms in total. The molecule has 9 heteroatoms. The number of halogens is 4. The predicted octanol–water partition coefficient (Wildman–Crippen LogP) is 6.45. The van der Waals surface area contributed by atoms with Crippen molar-refractivity contribution in [3.05, 3.63) is 104 Å². The first-order valence-electron chi connectivity index (χ1n) is 13.0.